The highest BCUT2D eigenvalue weighted by atomic mass is 16.5. The average molecular weight is 940 g/mol. The summed E-state index contributed by atoms with van der Waals surface area (Å²) in [4.78, 5) is 69.9. The van der Waals surface area contributed by atoms with Crippen LogP contribution in [0.1, 0.15) is 100 Å². The second-order valence-electron chi connectivity index (χ2n) is 21.2. The Kier molecular flexibility index (Phi) is 12.2. The van der Waals surface area contributed by atoms with Crippen LogP contribution in [0, 0.1) is 17.3 Å². The van der Waals surface area contributed by atoms with E-state index in [4.69, 9.17) is 23.9 Å². The van der Waals surface area contributed by atoms with Crippen molar-refractivity contribution in [2.24, 2.45) is 17.3 Å². The maximum Gasteiger partial charge on any atom is 0.324 e. The van der Waals surface area contributed by atoms with Crippen molar-refractivity contribution in [2.45, 2.75) is 102 Å². The number of rotatable bonds is 9. The van der Waals surface area contributed by atoms with Crippen molar-refractivity contribution in [1.29, 1.82) is 0 Å². The molecule has 2 amide bonds. The quantitative estimate of drug-likeness (QED) is 0.182. The molecule has 2 saturated carbocycles. The number of esters is 1. The predicted molar refractivity (Wildman–Crippen MR) is 257 cm³/mol. The Balaban J connectivity index is 1.06. The van der Waals surface area contributed by atoms with Crippen molar-refractivity contribution in [3.8, 4) is 22.5 Å². The highest BCUT2D eigenvalue weighted by molar-refractivity contribution is 5.95. The number of hydrazine groups is 1. The smallest absolute Gasteiger partial charge is 0.324 e. The van der Waals surface area contributed by atoms with Crippen molar-refractivity contribution in [3.05, 3.63) is 84.2 Å². The summed E-state index contributed by atoms with van der Waals surface area (Å²) in [6.45, 7) is 13.5. The van der Waals surface area contributed by atoms with E-state index < -0.39 is 35.4 Å². The Labute approximate surface area is 403 Å². The number of likely N-dealkylation sites (N-methyl/N-ethyl adjacent to an activating group) is 1. The number of carbonyl (C=O) groups is 3. The number of nitrogens with zero attached hydrogens (tertiary/aromatic N) is 9. The summed E-state index contributed by atoms with van der Waals surface area (Å²) < 4.78 is 21.3. The van der Waals surface area contributed by atoms with E-state index >= 15 is 4.79 Å². The van der Waals surface area contributed by atoms with Crippen LogP contribution in [0.3, 0.4) is 0 Å². The number of piperazine rings is 1. The van der Waals surface area contributed by atoms with Crippen LogP contribution >= 0.6 is 0 Å². The SMILES string of the molecule is CO[C@@H](C)c1ncccc1-c1c2c3cc(ccc3n1C1CN(C3CC3)C1)-c1coc(n1)[C@@H](N1CCN(C)CC1)[C@H](NC(=O)[C@@H]1[C@@H](C)[C@H]1c1ccncn1)C(=O)N1CCC[C@H](N1)C(=O)OCC(C)(C)C2. The molecule has 364 valence electrons. The summed E-state index contributed by atoms with van der Waals surface area (Å²) >= 11 is 0. The summed E-state index contributed by atoms with van der Waals surface area (Å²) in [7, 11) is 3.80. The summed E-state index contributed by atoms with van der Waals surface area (Å²) in [5, 5.41) is 5.84. The molecule has 4 aliphatic heterocycles. The maximum atomic E-state index is 15.3. The standard InChI is InChI=1S/C52H65N11O6/c1-30-42(38-15-17-53-29-55-38)43(30)48(64)57-45-47(60-21-19-59(5)20-22-60)49-56-40(27-68-49)32-11-14-41-36(23-32)37(24-52(3,4)28-69-51(66)39-10-8-18-62(58-39)50(45)65)46(35-9-7-16-54-44(35)31(2)67-6)63(41)34-25-61(26-34)33-12-13-33/h7,9,11,14-17,23,27,29-31,33-34,39,42-43,45,47,58H,8,10,12-13,18-22,24-26,28H2,1-6H3,(H,57,64)/t30-,31-,39-,42-,43+,45-,47-/m0/s1. The van der Waals surface area contributed by atoms with Crippen molar-refractivity contribution >= 4 is 28.7 Å². The van der Waals surface area contributed by atoms with Gasteiger partial charge in [0.25, 0.3) is 5.91 Å². The number of oxazole rings is 1. The first-order valence-electron chi connectivity index (χ1n) is 24.9. The van der Waals surface area contributed by atoms with Crippen molar-refractivity contribution < 1.29 is 28.3 Å². The van der Waals surface area contributed by atoms with Gasteiger partial charge in [0.05, 0.1) is 30.1 Å². The number of fused-ring (bicyclic) bond motifs is 6. The largest absolute Gasteiger partial charge is 0.464 e. The van der Waals surface area contributed by atoms with Crippen molar-refractivity contribution in [2.75, 3.05) is 66.6 Å². The second kappa shape index (κ2) is 18.3. The zero-order valence-corrected chi connectivity index (χ0v) is 40.6. The van der Waals surface area contributed by atoms with E-state index in [0.29, 0.717) is 56.5 Å². The molecule has 17 heteroatoms. The maximum absolute atomic E-state index is 15.3. The lowest BCUT2D eigenvalue weighted by Crippen LogP contribution is -2.63. The number of methoxy groups -OCH3 is 1. The van der Waals surface area contributed by atoms with Gasteiger partial charge in [-0.2, -0.15) is 0 Å². The van der Waals surface area contributed by atoms with Crippen LogP contribution in [-0.2, 0) is 30.3 Å². The lowest BCUT2D eigenvalue weighted by Gasteiger charge is -2.42. The van der Waals surface area contributed by atoms with Crippen molar-refractivity contribution in [1.82, 2.24) is 55.0 Å². The fraction of sp³-hybridized carbons (Fsp3) is 0.558. The zero-order chi connectivity index (χ0) is 47.7. The Morgan fingerprint density at radius 3 is 2.55 bits per heavy atom. The number of carbonyl (C=O) groups excluding carboxylic acids is 3. The van der Waals surface area contributed by atoms with Gasteiger partial charge in [-0.1, -0.05) is 26.8 Å². The van der Waals surface area contributed by atoms with Crippen LogP contribution in [-0.4, -0.2) is 147 Å². The molecule has 2 aliphatic carbocycles. The monoisotopic (exact) mass is 940 g/mol. The molecule has 5 aromatic rings. The average Bonchev–Trinajstić information content (AvgIpc) is 4.23. The highest BCUT2D eigenvalue weighted by Crippen LogP contribution is 2.53. The van der Waals surface area contributed by atoms with Gasteiger partial charge in [-0.25, -0.2) is 20.4 Å². The van der Waals surface area contributed by atoms with Gasteiger partial charge in [-0.3, -0.25) is 34.2 Å². The number of hydrogen-bond acceptors (Lipinski definition) is 14. The lowest BCUT2D eigenvalue weighted by molar-refractivity contribution is -0.156. The minimum Gasteiger partial charge on any atom is -0.464 e. The van der Waals surface area contributed by atoms with E-state index in [9.17, 15) is 9.59 Å². The first-order chi connectivity index (χ1) is 33.4. The van der Waals surface area contributed by atoms with E-state index in [0.717, 1.165) is 70.9 Å². The van der Waals surface area contributed by atoms with Gasteiger partial charge in [0, 0.05) is 116 Å². The fourth-order valence-electron chi connectivity index (χ4n) is 11.5. The molecule has 6 aliphatic rings. The Bertz CT molecular complexity index is 2720. The summed E-state index contributed by atoms with van der Waals surface area (Å²) in [6, 6.07) is 10.8. The molecule has 1 aromatic carbocycles. The van der Waals surface area contributed by atoms with Gasteiger partial charge < -0.3 is 28.7 Å². The molecule has 3 saturated heterocycles. The van der Waals surface area contributed by atoms with Gasteiger partial charge >= 0.3 is 5.97 Å². The van der Waals surface area contributed by atoms with Crippen molar-refractivity contribution in [3.63, 3.8) is 0 Å². The molecule has 11 rings (SSSR count). The van der Waals surface area contributed by atoms with E-state index in [1.54, 1.807) is 19.6 Å². The third kappa shape index (κ3) is 8.74. The summed E-state index contributed by atoms with van der Waals surface area (Å²) in [5.41, 5.74) is 10.3. The molecular weight excluding hydrogens is 875 g/mol. The number of likely N-dealkylation sites (tertiary alicyclic amines) is 1. The number of amides is 2. The highest BCUT2D eigenvalue weighted by Gasteiger charge is 2.55. The minimum absolute atomic E-state index is 0.00545. The van der Waals surface area contributed by atoms with Crippen LogP contribution in [0.25, 0.3) is 33.4 Å². The van der Waals surface area contributed by atoms with Crippen LogP contribution < -0.4 is 10.7 Å². The lowest BCUT2D eigenvalue weighted by atomic mass is 9.84. The van der Waals surface area contributed by atoms with E-state index in [1.165, 1.54) is 24.2 Å². The normalized spacial score (nSPS) is 27.7. The zero-order valence-electron chi connectivity index (χ0n) is 40.6. The molecule has 8 heterocycles. The van der Waals surface area contributed by atoms with Crippen LogP contribution in [0.4, 0.5) is 0 Å². The molecule has 7 atom stereocenters. The van der Waals surface area contributed by atoms with E-state index in [-0.39, 0.29) is 42.4 Å². The third-order valence-corrected chi connectivity index (χ3v) is 15.8. The van der Waals surface area contributed by atoms with Gasteiger partial charge in [-0.15, -0.1) is 0 Å². The number of nitrogens with one attached hydrogen (secondary N) is 2. The van der Waals surface area contributed by atoms with Crippen LogP contribution in [0.2, 0.25) is 0 Å². The summed E-state index contributed by atoms with van der Waals surface area (Å²) in [5.74, 6) is -1.20. The molecule has 0 radical (unpaired) electrons. The van der Waals surface area contributed by atoms with Gasteiger partial charge in [0.2, 0.25) is 11.8 Å². The number of cyclic esters (lactones) is 1. The molecule has 0 unspecified atom stereocenters. The Morgan fingerprint density at radius 2 is 1.80 bits per heavy atom. The number of pyridine rings is 1. The first-order valence-corrected chi connectivity index (χ1v) is 24.9. The molecule has 4 aromatic heterocycles. The number of aromatic nitrogens is 5. The number of ether oxygens (including phenoxy) is 2. The molecule has 17 nitrogen and oxygen atoms in total. The Hall–Kier alpha value is -5.59. The first kappa shape index (κ1) is 45.8. The van der Waals surface area contributed by atoms with Crippen LogP contribution in [0.5, 0.6) is 0 Å². The molecule has 2 N–H and O–H groups in total. The van der Waals surface area contributed by atoms with Gasteiger partial charge in [0.15, 0.2) is 0 Å². The minimum atomic E-state index is -1.11. The van der Waals surface area contributed by atoms with Gasteiger partial charge in [-0.05, 0) is 87.9 Å². The topological polar surface area (TPSA) is 176 Å². The number of hydrogen-bond donors (Lipinski definition) is 2. The fourth-order valence-corrected chi connectivity index (χ4v) is 11.5. The van der Waals surface area contributed by atoms with Gasteiger partial charge in [0.1, 0.15) is 36.4 Å². The molecule has 0 spiro atoms. The molecule has 5 fully saturated rings. The van der Waals surface area contributed by atoms with E-state index in [2.05, 4.69) is 85.1 Å². The van der Waals surface area contributed by atoms with E-state index in [1.807, 2.05) is 32.2 Å². The predicted octanol–water partition coefficient (Wildman–Crippen LogP) is 5.32. The summed E-state index contributed by atoms with van der Waals surface area (Å²) in [6.07, 6.45) is 10.6. The molecule has 69 heavy (non-hydrogen) atoms. The third-order valence-electron chi connectivity index (χ3n) is 15.8. The molecule has 6 bridgehead atoms. The Morgan fingerprint density at radius 1 is 0.986 bits per heavy atom. The van der Waals surface area contributed by atoms with Crippen LogP contribution in [0.15, 0.2) is 65.8 Å². The second-order valence-corrected chi connectivity index (χ2v) is 21.2. The number of benzene rings is 1. The molecular formula is C52H65N11O6.